The van der Waals surface area contributed by atoms with Gasteiger partial charge in [-0.15, -0.1) is 0 Å². The molecule has 234 valence electrons. The standard InChI is InChI=1S/C28H23F8N5O3/c1-3-21(28(34,35)36)39-14-9-18(29)22(19(30)10-14)25(42)40-20(26(43)44)11-15-4-5-16(24-37-6-7-41(15)24)23-17(27(31,32)33)8-13(2)12-38-23/h4-10,12,20-21,39H,3,11H2,1-2H3,(H,40,42)(H,43,44). The van der Waals surface area contributed by atoms with Crippen LogP contribution >= 0.6 is 0 Å². The number of nitrogens with one attached hydrogen (secondary N) is 2. The van der Waals surface area contributed by atoms with Gasteiger partial charge >= 0.3 is 18.3 Å². The van der Waals surface area contributed by atoms with Crippen LogP contribution < -0.4 is 10.6 Å². The van der Waals surface area contributed by atoms with E-state index in [1.807, 2.05) is 10.6 Å². The number of nitrogens with zero attached hydrogens (tertiary/aromatic N) is 3. The Balaban J connectivity index is 1.62. The molecule has 0 aliphatic carbocycles. The zero-order chi connectivity index (χ0) is 32.6. The first-order valence-corrected chi connectivity index (χ1v) is 12.9. The summed E-state index contributed by atoms with van der Waals surface area (Å²) < 4.78 is 111. The Kier molecular flexibility index (Phi) is 8.83. The summed E-state index contributed by atoms with van der Waals surface area (Å²) in [5.74, 6) is -6.21. The number of imidazole rings is 1. The molecule has 3 N–H and O–H groups in total. The molecule has 16 heteroatoms. The fourth-order valence-corrected chi connectivity index (χ4v) is 4.55. The van der Waals surface area contributed by atoms with Gasteiger partial charge in [0.25, 0.3) is 5.91 Å². The van der Waals surface area contributed by atoms with Crippen molar-refractivity contribution in [3.63, 3.8) is 0 Å². The van der Waals surface area contributed by atoms with Gasteiger partial charge in [0.1, 0.15) is 34.9 Å². The lowest BCUT2D eigenvalue weighted by Crippen LogP contribution is -2.43. The SMILES string of the molecule is CCC(Nc1cc(F)c(C(=O)NC(Cc2ccc(-c3ncc(C)cc3C(F)(F)F)c3nccn23)C(=O)O)c(F)c1)C(F)(F)F. The van der Waals surface area contributed by atoms with Crippen molar-refractivity contribution in [1.29, 1.82) is 0 Å². The zero-order valence-corrected chi connectivity index (χ0v) is 22.8. The largest absolute Gasteiger partial charge is 0.480 e. The van der Waals surface area contributed by atoms with Crippen LogP contribution in [0.1, 0.15) is 40.5 Å². The number of aliphatic carboxylic acids is 1. The maximum Gasteiger partial charge on any atom is 0.418 e. The van der Waals surface area contributed by atoms with Crippen LogP contribution in [0.5, 0.6) is 0 Å². The fraction of sp³-hybridized carbons (Fsp3) is 0.286. The number of amides is 1. The van der Waals surface area contributed by atoms with Crippen LogP contribution in [0.25, 0.3) is 16.9 Å². The molecule has 1 aromatic carbocycles. The summed E-state index contributed by atoms with van der Waals surface area (Å²) in [6.45, 7) is 2.65. The Hall–Kier alpha value is -4.76. The predicted molar refractivity (Wildman–Crippen MR) is 141 cm³/mol. The summed E-state index contributed by atoms with van der Waals surface area (Å²) in [5, 5.41) is 13.7. The molecule has 2 atom stereocenters. The maximum absolute atomic E-state index is 14.7. The molecule has 0 fully saturated rings. The molecule has 0 radical (unpaired) electrons. The van der Waals surface area contributed by atoms with E-state index in [4.69, 9.17) is 0 Å². The minimum absolute atomic E-state index is 0.00997. The van der Waals surface area contributed by atoms with Crippen molar-refractivity contribution in [1.82, 2.24) is 19.7 Å². The number of hydrogen-bond acceptors (Lipinski definition) is 5. The molecule has 4 aromatic rings. The van der Waals surface area contributed by atoms with Crippen LogP contribution in [0.15, 0.2) is 48.9 Å². The highest BCUT2D eigenvalue weighted by Crippen LogP contribution is 2.38. The van der Waals surface area contributed by atoms with Crippen LogP contribution in [0.4, 0.5) is 40.8 Å². The normalized spacial score (nSPS) is 13.5. The molecule has 0 aliphatic rings. The lowest BCUT2D eigenvalue weighted by molar-refractivity contribution is -0.143. The highest BCUT2D eigenvalue weighted by atomic mass is 19.4. The van der Waals surface area contributed by atoms with E-state index >= 15 is 0 Å². The Labute approximate surface area is 243 Å². The van der Waals surface area contributed by atoms with E-state index in [1.54, 1.807) is 0 Å². The van der Waals surface area contributed by atoms with Gasteiger partial charge in [-0.1, -0.05) is 6.92 Å². The number of carbonyl (C=O) groups is 2. The van der Waals surface area contributed by atoms with Crippen LogP contribution in [0, 0.1) is 18.6 Å². The van der Waals surface area contributed by atoms with Gasteiger partial charge in [0.2, 0.25) is 0 Å². The van der Waals surface area contributed by atoms with E-state index in [0.717, 1.165) is 6.07 Å². The van der Waals surface area contributed by atoms with Crippen molar-refractivity contribution in [2.75, 3.05) is 5.32 Å². The minimum atomic E-state index is -4.75. The second-order valence-corrected chi connectivity index (χ2v) is 9.80. The third-order valence-corrected chi connectivity index (χ3v) is 6.65. The molecule has 8 nitrogen and oxygen atoms in total. The molecule has 3 aromatic heterocycles. The smallest absolute Gasteiger partial charge is 0.418 e. The number of alkyl halides is 6. The van der Waals surface area contributed by atoms with Gasteiger partial charge in [0.15, 0.2) is 0 Å². The maximum atomic E-state index is 14.7. The number of carboxylic acid groups (broad SMARTS) is 1. The van der Waals surface area contributed by atoms with Crippen LogP contribution in [-0.4, -0.2) is 49.6 Å². The van der Waals surface area contributed by atoms with Crippen LogP contribution in [-0.2, 0) is 17.4 Å². The van der Waals surface area contributed by atoms with Crippen LogP contribution in [0.2, 0.25) is 0 Å². The molecule has 3 heterocycles. The Morgan fingerprint density at radius 3 is 2.25 bits per heavy atom. The Morgan fingerprint density at radius 1 is 1.02 bits per heavy atom. The van der Waals surface area contributed by atoms with Crippen molar-refractivity contribution in [3.8, 4) is 11.3 Å². The van der Waals surface area contributed by atoms with Gasteiger partial charge in [-0.2, -0.15) is 26.3 Å². The molecule has 0 bridgehead atoms. The van der Waals surface area contributed by atoms with Crippen LogP contribution in [0.3, 0.4) is 0 Å². The van der Waals surface area contributed by atoms with Crippen molar-refractivity contribution in [2.45, 2.75) is 51.1 Å². The average Bonchev–Trinajstić information content (AvgIpc) is 3.40. The predicted octanol–water partition coefficient (Wildman–Crippen LogP) is 6.18. The van der Waals surface area contributed by atoms with Crippen molar-refractivity contribution >= 4 is 23.2 Å². The summed E-state index contributed by atoms with van der Waals surface area (Å²) >= 11 is 0. The summed E-state index contributed by atoms with van der Waals surface area (Å²) in [4.78, 5) is 32.8. The molecule has 0 spiro atoms. The van der Waals surface area contributed by atoms with Gasteiger partial charge in [0, 0.05) is 42.0 Å². The molecule has 2 unspecified atom stereocenters. The van der Waals surface area contributed by atoms with Crippen molar-refractivity contribution < 1.29 is 49.8 Å². The number of aryl methyl sites for hydroxylation is 1. The number of halogens is 8. The van der Waals surface area contributed by atoms with E-state index in [1.165, 1.54) is 49.0 Å². The molecule has 44 heavy (non-hydrogen) atoms. The highest BCUT2D eigenvalue weighted by Gasteiger charge is 2.39. The second-order valence-electron chi connectivity index (χ2n) is 9.80. The summed E-state index contributed by atoms with van der Waals surface area (Å²) in [7, 11) is 0. The molecule has 0 aliphatic heterocycles. The molecule has 0 saturated carbocycles. The van der Waals surface area contributed by atoms with Gasteiger partial charge in [-0.3, -0.25) is 9.78 Å². The van der Waals surface area contributed by atoms with Gasteiger partial charge < -0.3 is 20.1 Å². The lowest BCUT2D eigenvalue weighted by Gasteiger charge is -2.22. The van der Waals surface area contributed by atoms with E-state index in [9.17, 15) is 49.8 Å². The van der Waals surface area contributed by atoms with Crippen molar-refractivity contribution in [2.24, 2.45) is 0 Å². The fourth-order valence-electron chi connectivity index (χ4n) is 4.55. The molecular formula is C28H23F8N5O3. The molecule has 0 saturated heterocycles. The first-order chi connectivity index (χ1) is 20.5. The summed E-state index contributed by atoms with van der Waals surface area (Å²) in [6, 6.07) is 0.500. The first-order valence-electron chi connectivity index (χ1n) is 12.9. The lowest BCUT2D eigenvalue weighted by atomic mass is 10.0. The number of rotatable bonds is 9. The molecule has 4 rings (SSSR count). The summed E-state index contributed by atoms with van der Waals surface area (Å²) in [6.07, 6.45) is -6.59. The quantitative estimate of drug-likeness (QED) is 0.191. The van der Waals surface area contributed by atoms with E-state index in [2.05, 4.69) is 9.97 Å². The number of carbonyl (C=O) groups excluding carboxylic acids is 1. The zero-order valence-electron chi connectivity index (χ0n) is 22.8. The number of benzene rings is 1. The topological polar surface area (TPSA) is 109 Å². The molecule has 1 amide bonds. The first kappa shape index (κ1) is 32.2. The Morgan fingerprint density at radius 2 is 1.68 bits per heavy atom. The number of fused-ring (bicyclic) bond motifs is 1. The third kappa shape index (κ3) is 6.73. The number of anilines is 1. The van der Waals surface area contributed by atoms with E-state index in [-0.39, 0.29) is 22.5 Å². The van der Waals surface area contributed by atoms with Gasteiger partial charge in [-0.05, 0) is 49.2 Å². The van der Waals surface area contributed by atoms with Gasteiger partial charge in [-0.25, -0.2) is 18.6 Å². The van der Waals surface area contributed by atoms with E-state index < -0.39 is 83.3 Å². The Bertz CT molecular complexity index is 1690. The molecular weight excluding hydrogens is 606 g/mol. The highest BCUT2D eigenvalue weighted by molar-refractivity contribution is 5.97. The monoisotopic (exact) mass is 629 g/mol. The summed E-state index contributed by atoms with van der Waals surface area (Å²) in [5.41, 5.74) is -2.86. The third-order valence-electron chi connectivity index (χ3n) is 6.65. The average molecular weight is 630 g/mol. The number of aromatic nitrogens is 3. The number of carboxylic acids is 1. The number of hydrogen-bond donors (Lipinski definition) is 3. The minimum Gasteiger partial charge on any atom is -0.480 e. The second kappa shape index (κ2) is 12.1. The van der Waals surface area contributed by atoms with Gasteiger partial charge in [0.05, 0.1) is 11.3 Å². The van der Waals surface area contributed by atoms with E-state index in [0.29, 0.717) is 12.1 Å². The van der Waals surface area contributed by atoms with Crippen molar-refractivity contribution in [3.05, 3.63) is 82.9 Å². The number of pyridine rings is 2.